The van der Waals surface area contributed by atoms with Crippen LogP contribution in [-0.4, -0.2) is 10.9 Å². The molecular weight excluding hydrogens is 336 g/mol. The van der Waals surface area contributed by atoms with Crippen molar-refractivity contribution in [3.63, 3.8) is 0 Å². The largest absolute Gasteiger partial charge is 0.351 e. The minimum Gasteiger partial charge on any atom is -0.351 e. The van der Waals surface area contributed by atoms with Gasteiger partial charge in [0.05, 0.1) is 0 Å². The highest BCUT2D eigenvalue weighted by atomic mass is 19.1. The molecule has 0 atom stereocenters. The van der Waals surface area contributed by atoms with Crippen LogP contribution in [0.15, 0.2) is 54.7 Å². The number of amides is 1. The van der Waals surface area contributed by atoms with E-state index in [4.69, 9.17) is 0 Å². The molecule has 1 aromatic heterocycles. The highest BCUT2D eigenvalue weighted by Gasteiger charge is 2.12. The monoisotopic (exact) mass is 353 g/mol. The van der Waals surface area contributed by atoms with Gasteiger partial charge in [-0.05, 0) is 61.4 Å². The normalized spacial score (nSPS) is 10.5. The van der Waals surface area contributed by atoms with Gasteiger partial charge in [0, 0.05) is 17.6 Å². The molecule has 0 aliphatic rings. The van der Waals surface area contributed by atoms with Crippen LogP contribution in [-0.2, 0) is 0 Å². The van der Waals surface area contributed by atoms with Crippen LogP contribution < -0.4 is 10.6 Å². The Balaban J connectivity index is 1.80. The Morgan fingerprint density at radius 3 is 2.35 bits per heavy atom. The number of para-hydroxylation sites is 1. The number of carbonyl (C=O) groups excluding carboxylic acids is 1. The minimum atomic E-state index is -0.719. The number of aryl methyl sites for hydroxylation is 2. The van der Waals surface area contributed by atoms with Gasteiger partial charge in [-0.25, -0.2) is 8.78 Å². The van der Waals surface area contributed by atoms with Gasteiger partial charge in [-0.2, -0.15) is 0 Å². The first kappa shape index (κ1) is 17.5. The average Bonchev–Trinajstić information content (AvgIpc) is 2.62. The van der Waals surface area contributed by atoms with Gasteiger partial charge >= 0.3 is 0 Å². The van der Waals surface area contributed by atoms with Crippen LogP contribution in [0, 0.1) is 25.5 Å². The van der Waals surface area contributed by atoms with E-state index in [9.17, 15) is 13.6 Å². The fourth-order valence-electron chi connectivity index (χ4n) is 2.41. The Morgan fingerprint density at radius 1 is 0.923 bits per heavy atom. The van der Waals surface area contributed by atoms with Gasteiger partial charge in [-0.1, -0.05) is 12.1 Å². The molecule has 0 saturated carbocycles. The lowest BCUT2D eigenvalue weighted by Gasteiger charge is -2.10. The predicted octanol–water partition coefficient (Wildman–Crippen LogP) is 4.97. The van der Waals surface area contributed by atoms with E-state index >= 15 is 0 Å². The number of nitrogens with zero attached hydrogens (tertiary/aromatic N) is 1. The summed E-state index contributed by atoms with van der Waals surface area (Å²) in [5, 5.41) is 5.41. The molecule has 2 N–H and O–H groups in total. The molecule has 0 radical (unpaired) electrons. The van der Waals surface area contributed by atoms with E-state index in [1.54, 1.807) is 6.07 Å². The number of aromatic nitrogens is 1. The molecule has 4 nitrogen and oxygen atoms in total. The third-order valence-electron chi connectivity index (χ3n) is 3.99. The summed E-state index contributed by atoms with van der Waals surface area (Å²) in [6.45, 7) is 3.94. The first-order valence-electron chi connectivity index (χ1n) is 8.00. The Morgan fingerprint density at radius 2 is 1.65 bits per heavy atom. The summed E-state index contributed by atoms with van der Waals surface area (Å²) < 4.78 is 27.5. The number of benzene rings is 2. The molecule has 0 unspecified atom stereocenters. The molecular formula is C20H17F2N3O. The quantitative estimate of drug-likeness (QED) is 0.696. The topological polar surface area (TPSA) is 54.0 Å². The van der Waals surface area contributed by atoms with Crippen molar-refractivity contribution in [1.29, 1.82) is 0 Å². The number of nitrogens with one attached hydrogen (secondary N) is 2. The third kappa shape index (κ3) is 3.85. The molecule has 1 amide bonds. The fourth-order valence-corrected chi connectivity index (χ4v) is 2.41. The molecule has 0 aliphatic heterocycles. The standard InChI is InChI=1S/C20H17F2N3O/c1-12-6-7-14(10-13(12)2)25-20(26)18-11-15(8-9-23-18)24-19-16(21)4-3-5-17(19)22/h3-11H,1-2H3,(H,23,24)(H,25,26). The number of hydrogen-bond acceptors (Lipinski definition) is 3. The zero-order chi connectivity index (χ0) is 18.7. The van der Waals surface area contributed by atoms with Gasteiger partial charge in [0.2, 0.25) is 0 Å². The van der Waals surface area contributed by atoms with Crippen LogP contribution in [0.25, 0.3) is 0 Å². The van der Waals surface area contributed by atoms with Gasteiger partial charge in [-0.3, -0.25) is 9.78 Å². The number of hydrogen-bond donors (Lipinski definition) is 2. The molecule has 0 aliphatic carbocycles. The van der Waals surface area contributed by atoms with Crippen LogP contribution in [0.4, 0.5) is 25.8 Å². The number of halogens is 2. The number of anilines is 3. The van der Waals surface area contributed by atoms with Crippen LogP contribution in [0.1, 0.15) is 21.6 Å². The maximum Gasteiger partial charge on any atom is 0.274 e. The maximum absolute atomic E-state index is 13.8. The second-order valence-corrected chi connectivity index (χ2v) is 5.90. The summed E-state index contributed by atoms with van der Waals surface area (Å²) in [4.78, 5) is 16.4. The molecule has 0 fully saturated rings. The smallest absolute Gasteiger partial charge is 0.274 e. The van der Waals surface area contributed by atoms with E-state index in [-0.39, 0.29) is 11.4 Å². The summed E-state index contributed by atoms with van der Waals surface area (Å²) in [5.74, 6) is -1.85. The fraction of sp³-hybridized carbons (Fsp3) is 0.100. The van der Waals surface area contributed by atoms with Crippen molar-refractivity contribution in [3.05, 3.63) is 83.2 Å². The predicted molar refractivity (Wildman–Crippen MR) is 97.7 cm³/mol. The maximum atomic E-state index is 13.8. The molecule has 3 rings (SSSR count). The van der Waals surface area contributed by atoms with Crippen molar-refractivity contribution in [3.8, 4) is 0 Å². The molecule has 1 heterocycles. The molecule has 0 saturated heterocycles. The number of rotatable bonds is 4. The molecule has 2 aromatic carbocycles. The van der Waals surface area contributed by atoms with Gasteiger partial charge in [-0.15, -0.1) is 0 Å². The summed E-state index contributed by atoms with van der Waals surface area (Å²) >= 11 is 0. The van der Waals surface area contributed by atoms with E-state index in [1.807, 2.05) is 26.0 Å². The van der Waals surface area contributed by atoms with E-state index in [1.165, 1.54) is 24.4 Å². The lowest BCUT2D eigenvalue weighted by atomic mass is 10.1. The first-order valence-corrected chi connectivity index (χ1v) is 8.00. The van der Waals surface area contributed by atoms with Crippen molar-refractivity contribution in [2.45, 2.75) is 13.8 Å². The van der Waals surface area contributed by atoms with Crippen LogP contribution in [0.3, 0.4) is 0 Å². The van der Waals surface area contributed by atoms with E-state index in [0.29, 0.717) is 11.4 Å². The highest BCUT2D eigenvalue weighted by Crippen LogP contribution is 2.23. The van der Waals surface area contributed by atoms with Crippen molar-refractivity contribution in [1.82, 2.24) is 4.98 Å². The van der Waals surface area contributed by atoms with Gasteiger partial charge in [0.15, 0.2) is 0 Å². The lowest BCUT2D eigenvalue weighted by molar-refractivity contribution is 0.102. The summed E-state index contributed by atoms with van der Waals surface area (Å²) in [6, 6.07) is 12.1. The second kappa shape index (κ2) is 7.31. The van der Waals surface area contributed by atoms with E-state index < -0.39 is 17.5 Å². The second-order valence-electron chi connectivity index (χ2n) is 5.90. The lowest BCUT2D eigenvalue weighted by Crippen LogP contribution is -2.14. The van der Waals surface area contributed by atoms with E-state index in [0.717, 1.165) is 23.3 Å². The van der Waals surface area contributed by atoms with Gasteiger partial charge < -0.3 is 10.6 Å². The van der Waals surface area contributed by atoms with E-state index in [2.05, 4.69) is 15.6 Å². The Hall–Kier alpha value is -3.28. The van der Waals surface area contributed by atoms with Crippen molar-refractivity contribution in [2.24, 2.45) is 0 Å². The Bertz CT molecular complexity index is 953. The van der Waals surface area contributed by atoms with Crippen molar-refractivity contribution in [2.75, 3.05) is 10.6 Å². The number of pyridine rings is 1. The average molecular weight is 353 g/mol. The summed E-state index contributed by atoms with van der Waals surface area (Å²) in [7, 11) is 0. The molecule has 6 heteroatoms. The third-order valence-corrected chi connectivity index (χ3v) is 3.99. The molecule has 3 aromatic rings. The SMILES string of the molecule is Cc1ccc(NC(=O)c2cc(Nc3c(F)cccc3F)ccn2)cc1C. The summed E-state index contributed by atoms with van der Waals surface area (Å²) in [6.07, 6.45) is 1.40. The molecule has 0 spiro atoms. The van der Waals surface area contributed by atoms with Gasteiger partial charge in [0.1, 0.15) is 23.0 Å². The highest BCUT2D eigenvalue weighted by molar-refractivity contribution is 6.03. The first-order chi connectivity index (χ1) is 12.4. The summed E-state index contributed by atoms with van der Waals surface area (Å²) in [5.41, 5.74) is 3.04. The van der Waals surface area contributed by atoms with Crippen LogP contribution in [0.5, 0.6) is 0 Å². The van der Waals surface area contributed by atoms with Gasteiger partial charge in [0.25, 0.3) is 5.91 Å². The Kier molecular flexibility index (Phi) is 4.93. The van der Waals surface area contributed by atoms with Crippen molar-refractivity contribution < 1.29 is 13.6 Å². The van der Waals surface area contributed by atoms with Crippen molar-refractivity contribution >= 4 is 23.0 Å². The Labute approximate surface area is 149 Å². The zero-order valence-electron chi connectivity index (χ0n) is 14.3. The van der Waals surface area contributed by atoms with Crippen LogP contribution in [0.2, 0.25) is 0 Å². The molecule has 0 bridgehead atoms. The zero-order valence-corrected chi connectivity index (χ0v) is 14.3. The number of carbonyl (C=O) groups is 1. The van der Waals surface area contributed by atoms with Crippen LogP contribution >= 0.6 is 0 Å². The molecule has 132 valence electrons. The molecule has 26 heavy (non-hydrogen) atoms. The minimum absolute atomic E-state index is 0.130.